The standard InChI is InChI=1S/C17H28N/c1-13(2)10-11-16-8-6-7-9-17(16)12-18-15(5)14(3)4/h6-7,9,13-15,18H,10-12H2,1-5H3. The molecule has 0 aliphatic rings. The molecule has 0 fully saturated rings. The Balaban J connectivity index is 2.58. The van der Waals surface area contributed by atoms with Crippen LogP contribution in [0.25, 0.3) is 0 Å². The summed E-state index contributed by atoms with van der Waals surface area (Å²) in [6.45, 7) is 12.3. The Morgan fingerprint density at radius 1 is 1.17 bits per heavy atom. The van der Waals surface area contributed by atoms with E-state index in [1.54, 1.807) is 0 Å². The molecule has 0 spiro atoms. The van der Waals surface area contributed by atoms with Gasteiger partial charge in [0.15, 0.2) is 0 Å². The van der Waals surface area contributed by atoms with Crippen LogP contribution < -0.4 is 5.32 Å². The lowest BCUT2D eigenvalue weighted by molar-refractivity contribution is 0.425. The highest BCUT2D eigenvalue weighted by Gasteiger charge is 2.08. The van der Waals surface area contributed by atoms with Gasteiger partial charge in [-0.3, -0.25) is 0 Å². The lowest BCUT2D eigenvalue weighted by Crippen LogP contribution is -2.30. The van der Waals surface area contributed by atoms with Gasteiger partial charge in [0.25, 0.3) is 0 Å². The van der Waals surface area contributed by atoms with Crippen molar-refractivity contribution in [3.63, 3.8) is 0 Å². The SMILES string of the molecule is CC(C)CCc1[c]cccc1CNC(C)C(C)C. The van der Waals surface area contributed by atoms with E-state index < -0.39 is 0 Å². The number of aryl methyl sites for hydroxylation is 1. The van der Waals surface area contributed by atoms with Gasteiger partial charge in [-0.25, -0.2) is 0 Å². The molecule has 0 saturated heterocycles. The molecule has 1 nitrogen and oxygen atoms in total. The number of nitrogens with one attached hydrogen (secondary N) is 1. The summed E-state index contributed by atoms with van der Waals surface area (Å²) in [7, 11) is 0. The van der Waals surface area contributed by atoms with E-state index in [4.69, 9.17) is 0 Å². The zero-order valence-electron chi connectivity index (χ0n) is 12.6. The summed E-state index contributed by atoms with van der Waals surface area (Å²) < 4.78 is 0. The smallest absolute Gasteiger partial charge is 0.0211 e. The van der Waals surface area contributed by atoms with Crippen molar-refractivity contribution in [2.45, 2.75) is 60.0 Å². The first-order valence-corrected chi connectivity index (χ1v) is 7.22. The molecular formula is C17H28N. The van der Waals surface area contributed by atoms with E-state index in [9.17, 15) is 0 Å². The van der Waals surface area contributed by atoms with Gasteiger partial charge in [0.1, 0.15) is 0 Å². The van der Waals surface area contributed by atoms with Crippen LogP contribution in [-0.2, 0) is 13.0 Å². The van der Waals surface area contributed by atoms with Crippen LogP contribution in [0.1, 0.15) is 52.2 Å². The highest BCUT2D eigenvalue weighted by Crippen LogP contribution is 2.14. The lowest BCUT2D eigenvalue weighted by Gasteiger charge is -2.19. The molecular weight excluding hydrogens is 218 g/mol. The Labute approximate surface area is 113 Å². The van der Waals surface area contributed by atoms with Crippen molar-refractivity contribution >= 4 is 0 Å². The van der Waals surface area contributed by atoms with E-state index in [2.05, 4.69) is 58.1 Å². The predicted molar refractivity (Wildman–Crippen MR) is 79.6 cm³/mol. The van der Waals surface area contributed by atoms with Crippen LogP contribution in [0.3, 0.4) is 0 Å². The molecule has 1 aromatic rings. The number of rotatable bonds is 7. The summed E-state index contributed by atoms with van der Waals surface area (Å²) in [6.07, 6.45) is 2.39. The predicted octanol–water partition coefficient (Wildman–Crippen LogP) is 4.21. The quantitative estimate of drug-likeness (QED) is 0.760. The van der Waals surface area contributed by atoms with Gasteiger partial charge >= 0.3 is 0 Å². The molecule has 1 atom stereocenters. The minimum Gasteiger partial charge on any atom is -0.310 e. The van der Waals surface area contributed by atoms with Crippen molar-refractivity contribution in [3.05, 3.63) is 35.4 Å². The van der Waals surface area contributed by atoms with Crippen LogP contribution >= 0.6 is 0 Å². The molecule has 0 aromatic heterocycles. The van der Waals surface area contributed by atoms with Crippen molar-refractivity contribution < 1.29 is 0 Å². The van der Waals surface area contributed by atoms with Crippen molar-refractivity contribution in [2.75, 3.05) is 0 Å². The Bertz CT molecular complexity index is 341. The molecule has 101 valence electrons. The van der Waals surface area contributed by atoms with Gasteiger partial charge in [-0.1, -0.05) is 45.9 Å². The number of hydrogen-bond acceptors (Lipinski definition) is 1. The van der Waals surface area contributed by atoms with E-state index >= 15 is 0 Å². The highest BCUT2D eigenvalue weighted by molar-refractivity contribution is 5.26. The topological polar surface area (TPSA) is 12.0 Å². The van der Waals surface area contributed by atoms with Crippen LogP contribution in [0, 0.1) is 17.9 Å². The Kier molecular flexibility index (Phi) is 6.42. The van der Waals surface area contributed by atoms with Crippen LogP contribution in [-0.4, -0.2) is 6.04 Å². The average Bonchev–Trinajstić information content (AvgIpc) is 2.34. The molecule has 1 radical (unpaired) electrons. The summed E-state index contributed by atoms with van der Waals surface area (Å²) in [6, 6.07) is 10.3. The molecule has 18 heavy (non-hydrogen) atoms. The molecule has 1 aromatic carbocycles. The Morgan fingerprint density at radius 3 is 2.50 bits per heavy atom. The van der Waals surface area contributed by atoms with Crippen molar-refractivity contribution in [2.24, 2.45) is 11.8 Å². The number of hydrogen-bond donors (Lipinski definition) is 1. The molecule has 1 N–H and O–H groups in total. The largest absolute Gasteiger partial charge is 0.310 e. The lowest BCUT2D eigenvalue weighted by atomic mass is 9.98. The monoisotopic (exact) mass is 246 g/mol. The second kappa shape index (κ2) is 7.58. The maximum atomic E-state index is 3.61. The summed E-state index contributed by atoms with van der Waals surface area (Å²) in [4.78, 5) is 0. The maximum Gasteiger partial charge on any atom is 0.0211 e. The molecule has 0 amide bonds. The molecule has 0 saturated carbocycles. The molecule has 1 rings (SSSR count). The molecule has 0 heterocycles. The first-order valence-electron chi connectivity index (χ1n) is 7.22. The summed E-state index contributed by atoms with van der Waals surface area (Å²) in [5.41, 5.74) is 2.79. The minimum atomic E-state index is 0.558. The molecule has 1 heteroatoms. The summed E-state index contributed by atoms with van der Waals surface area (Å²) in [5, 5.41) is 3.61. The summed E-state index contributed by atoms with van der Waals surface area (Å²) >= 11 is 0. The Hall–Kier alpha value is -0.820. The zero-order valence-corrected chi connectivity index (χ0v) is 12.6. The Morgan fingerprint density at radius 2 is 1.89 bits per heavy atom. The van der Waals surface area contributed by atoms with Crippen molar-refractivity contribution in [1.82, 2.24) is 5.32 Å². The minimum absolute atomic E-state index is 0.558. The summed E-state index contributed by atoms with van der Waals surface area (Å²) in [5.74, 6) is 1.44. The van der Waals surface area contributed by atoms with Gasteiger partial charge in [-0.15, -0.1) is 0 Å². The fraction of sp³-hybridized carbons (Fsp3) is 0.647. The third kappa shape index (κ3) is 5.22. The maximum absolute atomic E-state index is 3.61. The van der Waals surface area contributed by atoms with Crippen LogP contribution in [0.15, 0.2) is 18.2 Å². The van der Waals surface area contributed by atoms with Gasteiger partial charge in [0, 0.05) is 12.6 Å². The second-order valence-electron chi connectivity index (χ2n) is 6.02. The fourth-order valence-corrected chi connectivity index (χ4v) is 1.84. The van der Waals surface area contributed by atoms with E-state index in [1.165, 1.54) is 17.5 Å². The molecule has 0 aliphatic carbocycles. The van der Waals surface area contributed by atoms with E-state index in [-0.39, 0.29) is 0 Å². The van der Waals surface area contributed by atoms with Gasteiger partial charge in [-0.2, -0.15) is 0 Å². The van der Waals surface area contributed by atoms with Gasteiger partial charge in [-0.05, 0) is 48.8 Å². The van der Waals surface area contributed by atoms with Gasteiger partial charge in [0.05, 0.1) is 0 Å². The third-order valence-electron chi connectivity index (χ3n) is 3.62. The van der Waals surface area contributed by atoms with Crippen LogP contribution in [0.4, 0.5) is 0 Å². The number of benzene rings is 1. The normalized spacial score (nSPS) is 13.3. The first-order chi connectivity index (χ1) is 8.50. The molecule has 0 bridgehead atoms. The third-order valence-corrected chi connectivity index (χ3v) is 3.62. The van der Waals surface area contributed by atoms with Crippen molar-refractivity contribution in [1.29, 1.82) is 0 Å². The molecule has 1 unspecified atom stereocenters. The van der Waals surface area contributed by atoms with E-state index in [0.29, 0.717) is 12.0 Å². The highest BCUT2D eigenvalue weighted by atomic mass is 14.9. The van der Waals surface area contributed by atoms with Gasteiger partial charge in [0.2, 0.25) is 0 Å². The fourth-order valence-electron chi connectivity index (χ4n) is 1.84. The van der Waals surface area contributed by atoms with Crippen LogP contribution in [0.2, 0.25) is 0 Å². The van der Waals surface area contributed by atoms with Gasteiger partial charge < -0.3 is 5.32 Å². The van der Waals surface area contributed by atoms with E-state index in [1.807, 2.05) is 6.07 Å². The second-order valence-corrected chi connectivity index (χ2v) is 6.02. The average molecular weight is 246 g/mol. The first kappa shape index (κ1) is 15.2. The van der Waals surface area contributed by atoms with Crippen LogP contribution in [0.5, 0.6) is 0 Å². The molecule has 0 aliphatic heterocycles. The van der Waals surface area contributed by atoms with Crippen molar-refractivity contribution in [3.8, 4) is 0 Å². The van der Waals surface area contributed by atoms with E-state index in [0.717, 1.165) is 18.9 Å². The zero-order chi connectivity index (χ0) is 13.5.